The van der Waals surface area contributed by atoms with Crippen LogP contribution in [0.2, 0.25) is 0 Å². The van der Waals surface area contributed by atoms with Crippen molar-refractivity contribution in [1.82, 2.24) is 14.9 Å². The number of piperazine rings is 1. The number of nitrogens with zero attached hydrogens (tertiary/aromatic N) is 5. The molecule has 2 heterocycles. The lowest BCUT2D eigenvalue weighted by Crippen LogP contribution is -2.51. The van der Waals surface area contributed by atoms with Crippen LogP contribution in [0.4, 0.5) is 24.8 Å². The third-order valence-corrected chi connectivity index (χ3v) is 4.13. The van der Waals surface area contributed by atoms with E-state index < -0.39 is 29.0 Å². The summed E-state index contributed by atoms with van der Waals surface area (Å²) < 4.78 is 39.7. The van der Waals surface area contributed by atoms with Gasteiger partial charge in [0.05, 0.1) is 5.69 Å². The lowest BCUT2D eigenvalue weighted by molar-refractivity contribution is -0.114. The molecule has 8 nitrogen and oxygen atoms in total. The molecule has 2 aromatic rings. The highest BCUT2D eigenvalue weighted by atomic mass is 127. The first-order chi connectivity index (χ1) is 13.5. The summed E-state index contributed by atoms with van der Waals surface area (Å²) in [6, 6.07) is 3.40. The van der Waals surface area contributed by atoms with E-state index in [1.54, 1.807) is 23.4 Å². The number of guanidine groups is 1. The van der Waals surface area contributed by atoms with Gasteiger partial charge in [-0.3, -0.25) is 4.79 Å². The molecule has 1 aliphatic rings. The average Bonchev–Trinajstić information content (AvgIpc) is 2.73. The number of anilines is 2. The summed E-state index contributed by atoms with van der Waals surface area (Å²) in [5.74, 6) is -4.37. The van der Waals surface area contributed by atoms with Crippen LogP contribution in [0.1, 0.15) is 0 Å². The first-order valence-corrected chi connectivity index (χ1v) is 8.46. The SMILES string of the molecule is I.NC(=NCC(=O)Nc1ccc(F)c(F)c1F)N1CCN(c2ncccn2)CC1. The van der Waals surface area contributed by atoms with Crippen LogP contribution in [0.15, 0.2) is 35.6 Å². The standard InChI is InChI=1S/C17H18F3N7O.HI/c18-11-2-3-12(15(20)14(11)19)25-13(28)10-24-16(21)26-6-8-27(9-7-26)17-22-4-1-5-23-17;/h1-5H,6-10H2,(H2,21,24)(H,25,28);1H. The van der Waals surface area contributed by atoms with E-state index in [0.717, 1.165) is 12.1 Å². The number of aliphatic imine (C=N–C) groups is 1. The van der Waals surface area contributed by atoms with E-state index in [4.69, 9.17) is 5.73 Å². The Morgan fingerprint density at radius 2 is 1.76 bits per heavy atom. The fourth-order valence-electron chi connectivity index (χ4n) is 2.66. The van der Waals surface area contributed by atoms with Gasteiger partial charge in [0.1, 0.15) is 6.54 Å². The Balaban J connectivity index is 0.00000300. The number of carbonyl (C=O) groups is 1. The molecule has 1 amide bonds. The number of nitrogens with two attached hydrogens (primary N) is 1. The average molecular weight is 521 g/mol. The number of aromatic nitrogens is 2. The van der Waals surface area contributed by atoms with Gasteiger partial charge in [0.2, 0.25) is 11.9 Å². The highest BCUT2D eigenvalue weighted by molar-refractivity contribution is 14.0. The molecule has 3 rings (SSSR count). The number of rotatable bonds is 4. The molecule has 29 heavy (non-hydrogen) atoms. The van der Waals surface area contributed by atoms with Crippen LogP contribution in [0.25, 0.3) is 0 Å². The van der Waals surface area contributed by atoms with Crippen molar-refractivity contribution in [2.24, 2.45) is 10.7 Å². The van der Waals surface area contributed by atoms with E-state index in [0.29, 0.717) is 32.1 Å². The predicted octanol–water partition coefficient (Wildman–Crippen LogP) is 1.59. The molecule has 0 spiro atoms. The fraction of sp³-hybridized carbons (Fsp3) is 0.294. The molecule has 3 N–H and O–H groups in total. The van der Waals surface area contributed by atoms with Crippen molar-refractivity contribution in [1.29, 1.82) is 0 Å². The maximum absolute atomic E-state index is 13.6. The molecule has 0 atom stereocenters. The monoisotopic (exact) mass is 521 g/mol. The Hall–Kier alpha value is -2.64. The molecule has 156 valence electrons. The van der Waals surface area contributed by atoms with Crippen molar-refractivity contribution in [3.05, 3.63) is 48.0 Å². The second-order valence-electron chi connectivity index (χ2n) is 5.97. The Bertz CT molecular complexity index is 877. The molecule has 0 saturated carbocycles. The van der Waals surface area contributed by atoms with Gasteiger partial charge in [-0.25, -0.2) is 28.1 Å². The molecule has 1 aliphatic heterocycles. The second kappa shape index (κ2) is 10.2. The zero-order valence-corrected chi connectivity index (χ0v) is 17.5. The molecular weight excluding hydrogens is 502 g/mol. The van der Waals surface area contributed by atoms with Gasteiger partial charge in [0.25, 0.3) is 0 Å². The van der Waals surface area contributed by atoms with Crippen LogP contribution in [0.3, 0.4) is 0 Å². The van der Waals surface area contributed by atoms with E-state index in [2.05, 4.69) is 20.3 Å². The molecule has 1 fully saturated rings. The molecule has 1 aromatic heterocycles. The highest BCUT2D eigenvalue weighted by Gasteiger charge is 2.20. The number of carbonyl (C=O) groups excluding carboxylic acids is 1. The first-order valence-electron chi connectivity index (χ1n) is 8.46. The Labute approximate surface area is 182 Å². The van der Waals surface area contributed by atoms with Gasteiger partial charge in [0, 0.05) is 38.6 Å². The van der Waals surface area contributed by atoms with Gasteiger partial charge in [-0.2, -0.15) is 0 Å². The smallest absolute Gasteiger partial charge is 0.246 e. The van der Waals surface area contributed by atoms with E-state index >= 15 is 0 Å². The second-order valence-corrected chi connectivity index (χ2v) is 5.97. The van der Waals surface area contributed by atoms with Crippen LogP contribution >= 0.6 is 24.0 Å². The zero-order chi connectivity index (χ0) is 20.1. The fourth-order valence-corrected chi connectivity index (χ4v) is 2.66. The minimum Gasteiger partial charge on any atom is -0.370 e. The summed E-state index contributed by atoms with van der Waals surface area (Å²) in [4.78, 5) is 28.0. The van der Waals surface area contributed by atoms with Gasteiger partial charge < -0.3 is 20.9 Å². The zero-order valence-electron chi connectivity index (χ0n) is 15.2. The van der Waals surface area contributed by atoms with Crippen molar-refractivity contribution in [2.45, 2.75) is 0 Å². The summed E-state index contributed by atoms with van der Waals surface area (Å²) in [6.07, 6.45) is 3.33. The van der Waals surface area contributed by atoms with Gasteiger partial charge in [0.15, 0.2) is 23.4 Å². The Morgan fingerprint density at radius 1 is 1.10 bits per heavy atom. The molecule has 12 heteroatoms. The summed E-state index contributed by atoms with van der Waals surface area (Å²) in [6.45, 7) is 2.01. The van der Waals surface area contributed by atoms with Crippen molar-refractivity contribution in [3.63, 3.8) is 0 Å². The molecule has 0 unspecified atom stereocenters. The number of benzene rings is 1. The number of nitrogens with one attached hydrogen (secondary N) is 1. The lowest BCUT2D eigenvalue weighted by Gasteiger charge is -2.35. The highest BCUT2D eigenvalue weighted by Crippen LogP contribution is 2.19. The van der Waals surface area contributed by atoms with Gasteiger partial charge in [-0.05, 0) is 18.2 Å². The third-order valence-electron chi connectivity index (χ3n) is 4.13. The molecule has 0 aliphatic carbocycles. The van der Waals surface area contributed by atoms with E-state index in [1.165, 1.54) is 0 Å². The van der Waals surface area contributed by atoms with Crippen molar-refractivity contribution < 1.29 is 18.0 Å². The van der Waals surface area contributed by atoms with Crippen LogP contribution in [-0.2, 0) is 4.79 Å². The largest absolute Gasteiger partial charge is 0.370 e. The molecule has 0 bridgehead atoms. The number of hydrogen-bond donors (Lipinski definition) is 2. The minimum atomic E-state index is -1.65. The molecule has 0 radical (unpaired) electrons. The molecule has 1 saturated heterocycles. The summed E-state index contributed by atoms with van der Waals surface area (Å²) >= 11 is 0. The molecule has 1 aromatic carbocycles. The first kappa shape index (κ1) is 22.6. The predicted molar refractivity (Wildman–Crippen MR) is 113 cm³/mol. The lowest BCUT2D eigenvalue weighted by atomic mass is 10.2. The third kappa shape index (κ3) is 5.68. The van der Waals surface area contributed by atoms with Crippen molar-refractivity contribution >= 4 is 47.5 Å². The normalized spacial score (nSPS) is 14.4. The van der Waals surface area contributed by atoms with Gasteiger partial charge in [-0.1, -0.05) is 0 Å². The Kier molecular flexibility index (Phi) is 7.99. The maximum atomic E-state index is 13.6. The summed E-state index contributed by atoms with van der Waals surface area (Å²) in [7, 11) is 0. The quantitative estimate of drug-likeness (QED) is 0.275. The number of halogens is 4. The van der Waals surface area contributed by atoms with Crippen LogP contribution in [-0.4, -0.2) is 59.5 Å². The maximum Gasteiger partial charge on any atom is 0.246 e. The van der Waals surface area contributed by atoms with E-state index in [9.17, 15) is 18.0 Å². The topological polar surface area (TPSA) is 99.7 Å². The van der Waals surface area contributed by atoms with Crippen LogP contribution in [0.5, 0.6) is 0 Å². The number of amides is 1. The number of hydrogen-bond acceptors (Lipinski definition) is 5. The van der Waals surface area contributed by atoms with Gasteiger partial charge >= 0.3 is 0 Å². The van der Waals surface area contributed by atoms with Crippen molar-refractivity contribution in [2.75, 3.05) is 42.9 Å². The minimum absolute atomic E-state index is 0. The van der Waals surface area contributed by atoms with Crippen LogP contribution in [0, 0.1) is 17.5 Å². The van der Waals surface area contributed by atoms with Gasteiger partial charge in [-0.15, -0.1) is 24.0 Å². The van der Waals surface area contributed by atoms with E-state index in [-0.39, 0.29) is 36.5 Å². The van der Waals surface area contributed by atoms with E-state index in [1.807, 2.05) is 4.90 Å². The summed E-state index contributed by atoms with van der Waals surface area (Å²) in [5.41, 5.74) is 5.45. The van der Waals surface area contributed by atoms with Crippen molar-refractivity contribution in [3.8, 4) is 0 Å². The Morgan fingerprint density at radius 3 is 2.41 bits per heavy atom. The summed E-state index contributed by atoms with van der Waals surface area (Å²) in [5, 5.41) is 2.14. The molecular formula is C17H19F3IN7O. The van der Waals surface area contributed by atoms with Crippen LogP contribution < -0.4 is 16.0 Å².